The predicted molar refractivity (Wildman–Crippen MR) is 108 cm³/mol. The number of nitrogens with one attached hydrogen (secondary N) is 1. The van der Waals surface area contributed by atoms with Crippen molar-refractivity contribution in [3.63, 3.8) is 0 Å². The van der Waals surface area contributed by atoms with Crippen LogP contribution in [0.4, 0.5) is 5.00 Å². The van der Waals surface area contributed by atoms with Crippen LogP contribution in [0.1, 0.15) is 31.2 Å². The van der Waals surface area contributed by atoms with Crippen LogP contribution in [0.3, 0.4) is 0 Å². The van der Waals surface area contributed by atoms with Gasteiger partial charge in [-0.25, -0.2) is 4.79 Å². The molecule has 0 aliphatic rings. The van der Waals surface area contributed by atoms with Crippen LogP contribution in [-0.4, -0.2) is 43.9 Å². The van der Waals surface area contributed by atoms with Gasteiger partial charge in [-0.1, -0.05) is 23.7 Å². The van der Waals surface area contributed by atoms with Crippen LogP contribution in [-0.2, 0) is 9.53 Å². The molecule has 27 heavy (non-hydrogen) atoms. The number of carbonyl (C=O) groups is 3. The first-order chi connectivity index (χ1) is 12.7. The van der Waals surface area contributed by atoms with Gasteiger partial charge in [0.1, 0.15) is 5.00 Å². The second kappa shape index (κ2) is 8.83. The number of halogens is 1. The highest BCUT2D eigenvalue weighted by Gasteiger charge is 2.26. The van der Waals surface area contributed by atoms with Crippen LogP contribution in [0.2, 0.25) is 5.02 Å². The smallest absolute Gasteiger partial charge is 0.341 e. The average molecular weight is 407 g/mol. The number of ether oxygens (including phenoxy) is 1. The van der Waals surface area contributed by atoms with Crippen LogP contribution in [0.5, 0.6) is 0 Å². The fourth-order valence-corrected chi connectivity index (χ4v) is 3.60. The van der Waals surface area contributed by atoms with Crippen LogP contribution in [0.25, 0.3) is 6.08 Å². The second-order valence-electron chi connectivity index (χ2n) is 5.83. The lowest BCUT2D eigenvalue weighted by Crippen LogP contribution is -2.21. The van der Waals surface area contributed by atoms with Crippen LogP contribution in [0, 0.1) is 6.92 Å². The molecule has 2 amide bonds. The molecule has 1 aromatic carbocycles. The number of methoxy groups -OCH3 is 1. The molecule has 0 unspecified atom stereocenters. The lowest BCUT2D eigenvalue weighted by atomic mass is 10.1. The number of thiophene rings is 1. The number of hydrogen-bond acceptors (Lipinski definition) is 5. The molecule has 0 aliphatic heterocycles. The van der Waals surface area contributed by atoms with E-state index in [2.05, 4.69) is 5.32 Å². The van der Waals surface area contributed by atoms with Crippen molar-refractivity contribution in [2.75, 3.05) is 26.5 Å². The highest BCUT2D eigenvalue weighted by Crippen LogP contribution is 2.34. The molecule has 0 aliphatic carbocycles. The average Bonchev–Trinajstić information content (AvgIpc) is 2.95. The molecule has 0 saturated heterocycles. The maximum Gasteiger partial charge on any atom is 0.341 e. The number of anilines is 1. The Morgan fingerprint density at radius 2 is 1.81 bits per heavy atom. The first kappa shape index (κ1) is 20.7. The van der Waals surface area contributed by atoms with Gasteiger partial charge in [0.15, 0.2) is 0 Å². The van der Waals surface area contributed by atoms with E-state index in [4.69, 9.17) is 16.3 Å². The Morgan fingerprint density at radius 1 is 1.19 bits per heavy atom. The van der Waals surface area contributed by atoms with E-state index >= 15 is 0 Å². The van der Waals surface area contributed by atoms with Crippen molar-refractivity contribution in [3.8, 4) is 0 Å². The summed E-state index contributed by atoms with van der Waals surface area (Å²) in [7, 11) is 4.48. The van der Waals surface area contributed by atoms with Crippen molar-refractivity contribution >= 4 is 51.8 Å². The number of rotatable bonds is 5. The van der Waals surface area contributed by atoms with Gasteiger partial charge >= 0.3 is 5.97 Å². The molecule has 1 heterocycles. The minimum atomic E-state index is -0.612. The van der Waals surface area contributed by atoms with Gasteiger partial charge in [-0.15, -0.1) is 11.3 Å². The summed E-state index contributed by atoms with van der Waals surface area (Å²) < 4.78 is 4.79. The fourth-order valence-electron chi connectivity index (χ4n) is 2.26. The van der Waals surface area contributed by atoms with Gasteiger partial charge in [0.05, 0.1) is 17.6 Å². The molecule has 0 saturated carbocycles. The van der Waals surface area contributed by atoms with Crippen LogP contribution in [0.15, 0.2) is 30.3 Å². The molecule has 142 valence electrons. The minimum Gasteiger partial charge on any atom is -0.465 e. The highest BCUT2D eigenvalue weighted by molar-refractivity contribution is 7.18. The number of carbonyl (C=O) groups excluding carboxylic acids is 3. The molecule has 0 fully saturated rings. The zero-order valence-corrected chi connectivity index (χ0v) is 16.9. The van der Waals surface area contributed by atoms with Crippen molar-refractivity contribution in [2.24, 2.45) is 0 Å². The number of hydrogen-bond donors (Lipinski definition) is 1. The molecule has 0 atom stereocenters. The van der Waals surface area contributed by atoms with Gasteiger partial charge in [0.2, 0.25) is 5.91 Å². The van der Waals surface area contributed by atoms with E-state index in [1.165, 1.54) is 18.1 Å². The molecular formula is C19H19ClN2O4S. The Labute approximate surface area is 166 Å². The monoisotopic (exact) mass is 406 g/mol. The van der Waals surface area contributed by atoms with Crippen LogP contribution < -0.4 is 5.32 Å². The summed E-state index contributed by atoms with van der Waals surface area (Å²) in [4.78, 5) is 38.5. The third-order valence-electron chi connectivity index (χ3n) is 3.67. The summed E-state index contributed by atoms with van der Waals surface area (Å²) in [5.41, 5.74) is 1.46. The molecule has 0 bridgehead atoms. The minimum absolute atomic E-state index is 0.181. The van der Waals surface area contributed by atoms with Gasteiger partial charge in [-0.2, -0.15) is 0 Å². The first-order valence-electron chi connectivity index (χ1n) is 7.92. The van der Waals surface area contributed by atoms with E-state index in [-0.39, 0.29) is 16.5 Å². The lowest BCUT2D eigenvalue weighted by molar-refractivity contribution is -0.111. The predicted octanol–water partition coefficient (Wildman–Crippen LogP) is 3.85. The standard InChI is InChI=1S/C19H19ClN2O4S/c1-11-15(19(25)26-4)17(27-16(11)18(24)22(2)3)21-14(23)10-7-12-5-8-13(20)9-6-12/h5-10H,1-4H3,(H,21,23). The number of nitrogens with zero attached hydrogens (tertiary/aromatic N) is 1. The first-order valence-corrected chi connectivity index (χ1v) is 9.12. The van der Waals surface area contributed by atoms with E-state index in [1.54, 1.807) is 51.4 Å². The van der Waals surface area contributed by atoms with E-state index in [1.807, 2.05) is 0 Å². The molecule has 2 aromatic rings. The van der Waals surface area contributed by atoms with E-state index in [9.17, 15) is 14.4 Å². The summed E-state index contributed by atoms with van der Waals surface area (Å²) in [6, 6.07) is 6.98. The zero-order valence-electron chi connectivity index (χ0n) is 15.3. The fraction of sp³-hybridized carbons (Fsp3) is 0.211. The normalized spacial score (nSPS) is 10.7. The molecule has 8 heteroatoms. The molecule has 0 radical (unpaired) electrons. The van der Waals surface area contributed by atoms with Crippen LogP contribution >= 0.6 is 22.9 Å². The van der Waals surface area contributed by atoms with Crippen molar-refractivity contribution in [1.82, 2.24) is 4.90 Å². The van der Waals surface area contributed by atoms with Crippen molar-refractivity contribution < 1.29 is 19.1 Å². The van der Waals surface area contributed by atoms with Gasteiger partial charge in [0, 0.05) is 25.2 Å². The largest absolute Gasteiger partial charge is 0.465 e. The van der Waals surface area contributed by atoms with Crippen molar-refractivity contribution in [1.29, 1.82) is 0 Å². The Hall–Kier alpha value is -2.64. The molecule has 1 aromatic heterocycles. The summed E-state index contributed by atoms with van der Waals surface area (Å²) in [6.07, 6.45) is 2.96. The number of amides is 2. The Morgan fingerprint density at radius 3 is 2.37 bits per heavy atom. The summed E-state index contributed by atoms with van der Waals surface area (Å²) in [5, 5.41) is 3.53. The molecule has 2 rings (SSSR count). The maximum absolute atomic E-state index is 12.3. The van der Waals surface area contributed by atoms with Gasteiger partial charge in [0.25, 0.3) is 5.91 Å². The maximum atomic E-state index is 12.3. The number of esters is 1. The van der Waals surface area contributed by atoms with E-state index < -0.39 is 11.9 Å². The number of benzene rings is 1. The molecular weight excluding hydrogens is 388 g/mol. The van der Waals surface area contributed by atoms with E-state index in [0.717, 1.165) is 16.9 Å². The third kappa shape index (κ3) is 4.96. The van der Waals surface area contributed by atoms with Gasteiger partial charge in [-0.3, -0.25) is 9.59 Å². The zero-order chi connectivity index (χ0) is 20.1. The Balaban J connectivity index is 2.29. The summed E-state index contributed by atoms with van der Waals surface area (Å²) in [5.74, 6) is -1.29. The SMILES string of the molecule is COC(=O)c1c(NC(=O)C=Cc2ccc(Cl)cc2)sc(C(=O)N(C)C)c1C. The second-order valence-corrected chi connectivity index (χ2v) is 7.28. The van der Waals surface area contributed by atoms with Crippen molar-refractivity contribution in [2.45, 2.75) is 6.92 Å². The van der Waals surface area contributed by atoms with Crippen molar-refractivity contribution in [3.05, 3.63) is 56.9 Å². The Bertz CT molecular complexity index is 901. The molecule has 1 N–H and O–H groups in total. The topological polar surface area (TPSA) is 75.7 Å². The van der Waals surface area contributed by atoms with Gasteiger partial charge < -0.3 is 15.0 Å². The summed E-state index contributed by atoms with van der Waals surface area (Å²) in [6.45, 7) is 1.65. The van der Waals surface area contributed by atoms with Gasteiger partial charge in [-0.05, 0) is 36.3 Å². The third-order valence-corrected chi connectivity index (χ3v) is 5.12. The summed E-state index contributed by atoms with van der Waals surface area (Å²) >= 11 is 6.87. The lowest BCUT2D eigenvalue weighted by Gasteiger charge is -2.08. The Kier molecular flexibility index (Phi) is 6.76. The highest BCUT2D eigenvalue weighted by atomic mass is 35.5. The molecule has 6 nitrogen and oxygen atoms in total. The quantitative estimate of drug-likeness (QED) is 0.604. The molecule has 0 spiro atoms. The van der Waals surface area contributed by atoms with E-state index in [0.29, 0.717) is 15.5 Å².